The van der Waals surface area contributed by atoms with Gasteiger partial charge < -0.3 is 10.6 Å². The molecule has 6 heteroatoms. The highest BCUT2D eigenvalue weighted by Crippen LogP contribution is 2.26. The summed E-state index contributed by atoms with van der Waals surface area (Å²) >= 11 is 0. The van der Waals surface area contributed by atoms with Crippen LogP contribution in [0.2, 0.25) is 0 Å². The second-order valence-corrected chi connectivity index (χ2v) is 7.03. The van der Waals surface area contributed by atoms with Gasteiger partial charge in [-0.15, -0.1) is 0 Å². The Hall–Kier alpha value is -2.73. The summed E-state index contributed by atoms with van der Waals surface area (Å²) in [5.74, 6) is -0.467. The average Bonchev–Trinajstić information content (AvgIpc) is 2.68. The predicted octanol–water partition coefficient (Wildman–Crippen LogP) is 4.24. The highest BCUT2D eigenvalue weighted by atomic mass is 19.1. The van der Waals surface area contributed by atoms with E-state index in [1.165, 1.54) is 24.3 Å². The van der Waals surface area contributed by atoms with E-state index in [4.69, 9.17) is 0 Å². The highest BCUT2D eigenvalue weighted by molar-refractivity contribution is 5.96. The maximum absolute atomic E-state index is 12.9. The Balaban J connectivity index is 1.95. The average molecular weight is 385 g/mol. The number of nitrogens with zero attached hydrogens (tertiary/aromatic N) is 1. The quantitative estimate of drug-likeness (QED) is 0.715. The fourth-order valence-electron chi connectivity index (χ4n) is 2.80. The molecule has 5 nitrogen and oxygen atoms in total. The number of carbonyl (C=O) groups excluding carboxylic acids is 2. The summed E-state index contributed by atoms with van der Waals surface area (Å²) in [4.78, 5) is 26.5. The minimum absolute atomic E-state index is 0.0406. The lowest BCUT2D eigenvalue weighted by Crippen LogP contribution is -2.43. The van der Waals surface area contributed by atoms with Crippen LogP contribution in [0, 0.1) is 5.82 Å². The zero-order chi connectivity index (χ0) is 20.7. The maximum Gasteiger partial charge on any atom is 0.241 e. The Morgan fingerprint density at radius 2 is 1.68 bits per heavy atom. The zero-order valence-electron chi connectivity index (χ0n) is 16.8. The number of benzene rings is 2. The topological polar surface area (TPSA) is 61.4 Å². The van der Waals surface area contributed by atoms with Crippen LogP contribution in [0.1, 0.15) is 38.7 Å². The monoisotopic (exact) mass is 385 g/mol. The first-order valence-corrected chi connectivity index (χ1v) is 9.47. The predicted molar refractivity (Wildman–Crippen MR) is 111 cm³/mol. The lowest BCUT2D eigenvalue weighted by molar-refractivity contribution is -0.122. The van der Waals surface area contributed by atoms with Crippen molar-refractivity contribution in [2.45, 2.75) is 39.2 Å². The number of hydrogen-bond donors (Lipinski definition) is 2. The van der Waals surface area contributed by atoms with Crippen LogP contribution in [0.5, 0.6) is 0 Å². The van der Waals surface area contributed by atoms with Crippen molar-refractivity contribution in [2.75, 3.05) is 24.2 Å². The van der Waals surface area contributed by atoms with Gasteiger partial charge in [0.2, 0.25) is 11.8 Å². The smallest absolute Gasteiger partial charge is 0.241 e. The van der Waals surface area contributed by atoms with Gasteiger partial charge in [-0.25, -0.2) is 4.39 Å². The van der Waals surface area contributed by atoms with Gasteiger partial charge >= 0.3 is 0 Å². The molecule has 2 atom stereocenters. The van der Waals surface area contributed by atoms with Gasteiger partial charge in [0.15, 0.2) is 0 Å². The molecule has 2 amide bonds. The molecule has 2 aromatic carbocycles. The van der Waals surface area contributed by atoms with Crippen LogP contribution >= 0.6 is 0 Å². The lowest BCUT2D eigenvalue weighted by Gasteiger charge is -2.24. The number of nitrogens with one attached hydrogen (secondary N) is 2. The van der Waals surface area contributed by atoms with E-state index in [9.17, 15) is 14.0 Å². The van der Waals surface area contributed by atoms with Gasteiger partial charge in [-0.2, -0.15) is 0 Å². The standard InChI is InChI=1S/C22H28FN3O2/c1-5-15(2)19-8-6-7-9-20(19)25-22(28)16(3)26(4)14-21(27)24-18-12-10-17(23)11-13-18/h6-13,15-16H,5,14H2,1-4H3,(H,24,27)(H,25,28)/t15-,16-/m1/s1. The Morgan fingerprint density at radius 3 is 2.32 bits per heavy atom. The molecule has 0 fully saturated rings. The van der Waals surface area contributed by atoms with Gasteiger partial charge in [0.1, 0.15) is 5.82 Å². The Kier molecular flexibility index (Phi) is 7.70. The third-order valence-electron chi connectivity index (χ3n) is 4.92. The normalized spacial score (nSPS) is 13.1. The molecule has 0 aliphatic heterocycles. The van der Waals surface area contributed by atoms with Crippen LogP contribution in [-0.2, 0) is 9.59 Å². The molecule has 0 heterocycles. The number of anilines is 2. The van der Waals surface area contributed by atoms with Crippen LogP contribution in [0.4, 0.5) is 15.8 Å². The van der Waals surface area contributed by atoms with Gasteiger partial charge in [-0.3, -0.25) is 14.5 Å². The molecule has 0 bridgehead atoms. The lowest BCUT2D eigenvalue weighted by atomic mass is 9.97. The molecule has 0 saturated carbocycles. The molecule has 28 heavy (non-hydrogen) atoms. The van der Waals surface area contributed by atoms with Crippen molar-refractivity contribution in [3.63, 3.8) is 0 Å². The minimum Gasteiger partial charge on any atom is -0.325 e. The van der Waals surface area contributed by atoms with Gasteiger partial charge in [-0.05, 0) is 62.2 Å². The molecule has 2 aromatic rings. The van der Waals surface area contributed by atoms with Crippen LogP contribution in [0.25, 0.3) is 0 Å². The van der Waals surface area contributed by atoms with E-state index >= 15 is 0 Å². The summed E-state index contributed by atoms with van der Waals surface area (Å²) < 4.78 is 12.9. The Bertz CT molecular complexity index is 808. The molecule has 0 aromatic heterocycles. The van der Waals surface area contributed by atoms with E-state index in [0.717, 1.165) is 17.7 Å². The molecule has 0 radical (unpaired) electrons. The van der Waals surface area contributed by atoms with Crippen molar-refractivity contribution in [1.82, 2.24) is 4.90 Å². The fraction of sp³-hybridized carbons (Fsp3) is 0.364. The van der Waals surface area contributed by atoms with Crippen molar-refractivity contribution in [2.24, 2.45) is 0 Å². The number of likely N-dealkylation sites (N-methyl/N-ethyl adjacent to an activating group) is 1. The third kappa shape index (κ3) is 5.89. The zero-order valence-corrected chi connectivity index (χ0v) is 16.8. The summed E-state index contributed by atoms with van der Waals surface area (Å²) in [5.41, 5.74) is 2.42. The van der Waals surface area contributed by atoms with E-state index in [2.05, 4.69) is 24.5 Å². The number of hydrogen-bond acceptors (Lipinski definition) is 3. The summed E-state index contributed by atoms with van der Waals surface area (Å²) in [6.07, 6.45) is 0.978. The fourth-order valence-corrected chi connectivity index (χ4v) is 2.80. The third-order valence-corrected chi connectivity index (χ3v) is 4.92. The second-order valence-electron chi connectivity index (χ2n) is 7.03. The van der Waals surface area contributed by atoms with Crippen LogP contribution in [0.3, 0.4) is 0 Å². The van der Waals surface area contributed by atoms with E-state index in [1.807, 2.05) is 24.3 Å². The van der Waals surface area contributed by atoms with Gasteiger partial charge in [0.25, 0.3) is 0 Å². The van der Waals surface area contributed by atoms with E-state index in [1.54, 1.807) is 18.9 Å². The number of amides is 2. The van der Waals surface area contributed by atoms with E-state index in [-0.39, 0.29) is 24.2 Å². The number of para-hydroxylation sites is 1. The van der Waals surface area contributed by atoms with E-state index in [0.29, 0.717) is 11.6 Å². The second kappa shape index (κ2) is 9.99. The summed E-state index contributed by atoms with van der Waals surface area (Å²) in [7, 11) is 1.72. The summed E-state index contributed by atoms with van der Waals surface area (Å²) in [5, 5.41) is 5.68. The molecule has 0 saturated heterocycles. The molecule has 0 aliphatic rings. The molecule has 150 valence electrons. The maximum atomic E-state index is 12.9. The molecule has 2 rings (SSSR count). The number of carbonyl (C=O) groups is 2. The highest BCUT2D eigenvalue weighted by Gasteiger charge is 2.21. The molecule has 0 spiro atoms. The van der Waals surface area contributed by atoms with Crippen molar-refractivity contribution in [1.29, 1.82) is 0 Å². The molecule has 0 aliphatic carbocycles. The molecular weight excluding hydrogens is 357 g/mol. The first kappa shape index (κ1) is 21.6. The molecule has 0 unspecified atom stereocenters. The van der Waals surface area contributed by atoms with Gasteiger partial charge in [0.05, 0.1) is 12.6 Å². The summed E-state index contributed by atoms with van der Waals surface area (Å²) in [6, 6.07) is 12.8. The van der Waals surface area contributed by atoms with Crippen molar-refractivity contribution < 1.29 is 14.0 Å². The van der Waals surface area contributed by atoms with Gasteiger partial charge in [-0.1, -0.05) is 32.0 Å². The van der Waals surface area contributed by atoms with Crippen LogP contribution in [-0.4, -0.2) is 36.3 Å². The van der Waals surface area contributed by atoms with Crippen LogP contribution in [0.15, 0.2) is 48.5 Å². The minimum atomic E-state index is -0.496. The van der Waals surface area contributed by atoms with Crippen molar-refractivity contribution in [3.8, 4) is 0 Å². The Labute approximate surface area is 165 Å². The van der Waals surface area contributed by atoms with E-state index < -0.39 is 6.04 Å². The number of rotatable bonds is 8. The molecular formula is C22H28FN3O2. The number of halogens is 1. The first-order valence-electron chi connectivity index (χ1n) is 9.47. The largest absolute Gasteiger partial charge is 0.325 e. The Morgan fingerprint density at radius 1 is 1.04 bits per heavy atom. The van der Waals surface area contributed by atoms with Crippen LogP contribution < -0.4 is 10.6 Å². The summed E-state index contributed by atoms with van der Waals surface area (Å²) in [6.45, 7) is 6.03. The SMILES string of the molecule is CC[C@@H](C)c1ccccc1NC(=O)[C@@H](C)N(C)CC(=O)Nc1ccc(F)cc1. The van der Waals surface area contributed by atoms with Crippen molar-refractivity contribution >= 4 is 23.2 Å². The van der Waals surface area contributed by atoms with Gasteiger partial charge in [0, 0.05) is 11.4 Å². The van der Waals surface area contributed by atoms with Crippen molar-refractivity contribution in [3.05, 3.63) is 59.9 Å². The first-order chi connectivity index (χ1) is 13.3. The molecule has 2 N–H and O–H groups in total.